The Morgan fingerprint density at radius 1 is 0.951 bits per heavy atom. The Bertz CT molecular complexity index is 1440. The van der Waals surface area contributed by atoms with Gasteiger partial charge in [-0.05, 0) is 36.6 Å². The number of carbonyl (C=O) groups excluding carboxylic acids is 2. The standard InChI is InChI=1S/C31H37N3O6S/c1-4-5-17-32-31(36)27(18-24-9-7-6-8-10-24)33(20-25-13-11-23(2)12-14-25)30(35)21-34(41(3,37)38)26-15-16-28-29(19-26)40-22-39-28/h6-16,19,27H,4-5,17-18,20-22H2,1-3H3,(H,32,36)/t27-/m0/s1. The highest BCUT2D eigenvalue weighted by atomic mass is 32.2. The van der Waals surface area contributed by atoms with Crippen molar-refractivity contribution in [3.8, 4) is 11.5 Å². The Hall–Kier alpha value is -4.05. The van der Waals surface area contributed by atoms with Gasteiger partial charge < -0.3 is 19.7 Å². The minimum absolute atomic E-state index is 0.0369. The molecule has 2 amide bonds. The fourth-order valence-electron chi connectivity index (χ4n) is 4.60. The zero-order valence-corrected chi connectivity index (χ0v) is 24.5. The molecule has 0 fully saturated rings. The minimum Gasteiger partial charge on any atom is -0.454 e. The highest BCUT2D eigenvalue weighted by Crippen LogP contribution is 2.36. The number of nitrogens with one attached hydrogen (secondary N) is 1. The van der Waals surface area contributed by atoms with Crippen LogP contribution >= 0.6 is 0 Å². The van der Waals surface area contributed by atoms with Gasteiger partial charge in [-0.1, -0.05) is 73.5 Å². The first-order valence-electron chi connectivity index (χ1n) is 13.7. The van der Waals surface area contributed by atoms with Gasteiger partial charge in [-0.3, -0.25) is 13.9 Å². The summed E-state index contributed by atoms with van der Waals surface area (Å²) in [6.45, 7) is 4.18. The summed E-state index contributed by atoms with van der Waals surface area (Å²) >= 11 is 0. The number of sulfonamides is 1. The molecule has 41 heavy (non-hydrogen) atoms. The summed E-state index contributed by atoms with van der Waals surface area (Å²) < 4.78 is 37.7. The summed E-state index contributed by atoms with van der Waals surface area (Å²) in [5, 5.41) is 2.98. The maximum absolute atomic E-state index is 14.1. The van der Waals surface area contributed by atoms with E-state index in [1.54, 1.807) is 18.2 Å². The third kappa shape index (κ3) is 8.00. The Morgan fingerprint density at radius 2 is 1.66 bits per heavy atom. The quantitative estimate of drug-likeness (QED) is 0.307. The van der Waals surface area contributed by atoms with Crippen LogP contribution in [0.3, 0.4) is 0 Å². The summed E-state index contributed by atoms with van der Waals surface area (Å²) in [5.41, 5.74) is 3.06. The summed E-state index contributed by atoms with van der Waals surface area (Å²) in [4.78, 5) is 29.2. The molecule has 0 saturated carbocycles. The van der Waals surface area contributed by atoms with E-state index in [9.17, 15) is 18.0 Å². The van der Waals surface area contributed by atoms with E-state index in [4.69, 9.17) is 9.47 Å². The number of hydrogen-bond acceptors (Lipinski definition) is 6. The molecule has 0 spiro atoms. The molecule has 0 saturated heterocycles. The Kier molecular flexibility index (Phi) is 9.88. The second kappa shape index (κ2) is 13.5. The molecule has 1 aliphatic rings. The SMILES string of the molecule is CCCCNC(=O)[C@H](Cc1ccccc1)N(Cc1ccc(C)cc1)C(=O)CN(c1ccc2c(c1)OCO2)S(C)(=O)=O. The highest BCUT2D eigenvalue weighted by Gasteiger charge is 2.33. The molecule has 1 heterocycles. The Balaban J connectivity index is 1.70. The van der Waals surface area contributed by atoms with Gasteiger partial charge in [-0.25, -0.2) is 8.42 Å². The van der Waals surface area contributed by atoms with Gasteiger partial charge in [0.15, 0.2) is 11.5 Å². The van der Waals surface area contributed by atoms with Crippen LogP contribution in [0.15, 0.2) is 72.8 Å². The first-order valence-corrected chi connectivity index (χ1v) is 15.5. The van der Waals surface area contributed by atoms with Gasteiger partial charge in [0, 0.05) is 25.6 Å². The van der Waals surface area contributed by atoms with Gasteiger partial charge in [-0.15, -0.1) is 0 Å². The molecular weight excluding hydrogens is 542 g/mol. The molecule has 0 aromatic heterocycles. The fraction of sp³-hybridized carbons (Fsp3) is 0.355. The monoisotopic (exact) mass is 579 g/mol. The maximum atomic E-state index is 14.1. The molecule has 0 radical (unpaired) electrons. The van der Waals surface area contributed by atoms with E-state index in [0.29, 0.717) is 18.0 Å². The van der Waals surface area contributed by atoms with E-state index in [2.05, 4.69) is 5.32 Å². The van der Waals surface area contributed by atoms with Crippen molar-refractivity contribution in [2.45, 2.75) is 45.7 Å². The van der Waals surface area contributed by atoms with E-state index in [1.165, 1.54) is 4.90 Å². The molecule has 0 bridgehead atoms. The van der Waals surface area contributed by atoms with E-state index in [0.717, 1.165) is 40.1 Å². The van der Waals surface area contributed by atoms with E-state index in [-0.39, 0.29) is 31.4 Å². The summed E-state index contributed by atoms with van der Waals surface area (Å²) in [5.74, 6) is 0.121. The third-order valence-electron chi connectivity index (χ3n) is 6.90. The predicted molar refractivity (Wildman–Crippen MR) is 158 cm³/mol. The predicted octanol–water partition coefficient (Wildman–Crippen LogP) is 4.05. The molecule has 3 aromatic rings. The van der Waals surface area contributed by atoms with Crippen LogP contribution < -0.4 is 19.1 Å². The number of unbranched alkanes of at least 4 members (excludes halogenated alkanes) is 1. The van der Waals surface area contributed by atoms with Crippen LogP contribution in [-0.2, 0) is 32.6 Å². The summed E-state index contributed by atoms with van der Waals surface area (Å²) in [6, 6.07) is 21.1. The first kappa shape index (κ1) is 29.9. The maximum Gasteiger partial charge on any atom is 0.244 e. The molecule has 10 heteroatoms. The van der Waals surface area contributed by atoms with E-state index in [1.807, 2.05) is 68.4 Å². The largest absolute Gasteiger partial charge is 0.454 e. The van der Waals surface area contributed by atoms with Crippen molar-refractivity contribution in [3.63, 3.8) is 0 Å². The lowest BCUT2D eigenvalue weighted by Crippen LogP contribution is -2.53. The number of nitrogens with zero attached hydrogens (tertiary/aromatic N) is 2. The first-order chi connectivity index (χ1) is 19.7. The van der Waals surface area contributed by atoms with Gasteiger partial charge >= 0.3 is 0 Å². The average molecular weight is 580 g/mol. The van der Waals surface area contributed by atoms with Crippen LogP contribution in [0.2, 0.25) is 0 Å². The van der Waals surface area contributed by atoms with Crippen LogP contribution in [0.1, 0.15) is 36.5 Å². The molecule has 3 aromatic carbocycles. The number of amides is 2. The van der Waals surface area contributed by atoms with Crippen LogP contribution in [0, 0.1) is 6.92 Å². The number of benzene rings is 3. The number of aryl methyl sites for hydroxylation is 1. The van der Waals surface area contributed by atoms with Crippen molar-refractivity contribution >= 4 is 27.5 Å². The van der Waals surface area contributed by atoms with Crippen LogP contribution in [0.4, 0.5) is 5.69 Å². The lowest BCUT2D eigenvalue weighted by molar-refractivity contribution is -0.140. The topological polar surface area (TPSA) is 105 Å². The van der Waals surface area contributed by atoms with Crippen molar-refractivity contribution < 1.29 is 27.5 Å². The van der Waals surface area contributed by atoms with Crippen molar-refractivity contribution in [1.29, 1.82) is 0 Å². The molecule has 1 N–H and O–H groups in total. The Morgan fingerprint density at radius 3 is 2.34 bits per heavy atom. The normalized spacial score (nSPS) is 13.0. The molecule has 9 nitrogen and oxygen atoms in total. The fourth-order valence-corrected chi connectivity index (χ4v) is 5.45. The molecule has 218 valence electrons. The number of ether oxygens (including phenoxy) is 2. The average Bonchev–Trinajstić information content (AvgIpc) is 3.42. The van der Waals surface area contributed by atoms with Crippen molar-refractivity contribution in [3.05, 3.63) is 89.5 Å². The number of fused-ring (bicyclic) bond motifs is 1. The third-order valence-corrected chi connectivity index (χ3v) is 8.04. The van der Waals surface area contributed by atoms with Gasteiger partial charge in [0.2, 0.25) is 28.6 Å². The zero-order valence-electron chi connectivity index (χ0n) is 23.7. The second-order valence-electron chi connectivity index (χ2n) is 10.2. The number of hydrogen-bond donors (Lipinski definition) is 1. The Labute approximate surface area is 242 Å². The summed E-state index contributed by atoms with van der Waals surface area (Å²) in [6.07, 6.45) is 3.05. The number of carbonyl (C=O) groups is 2. The lowest BCUT2D eigenvalue weighted by atomic mass is 10.0. The van der Waals surface area contributed by atoms with E-state index >= 15 is 0 Å². The number of rotatable bonds is 13. The van der Waals surface area contributed by atoms with Crippen molar-refractivity contribution in [2.24, 2.45) is 0 Å². The number of anilines is 1. The van der Waals surface area contributed by atoms with Crippen LogP contribution in [0.5, 0.6) is 11.5 Å². The van der Waals surface area contributed by atoms with Gasteiger partial charge in [-0.2, -0.15) is 0 Å². The molecule has 1 atom stereocenters. The van der Waals surface area contributed by atoms with Crippen molar-refractivity contribution in [2.75, 3.05) is 30.4 Å². The van der Waals surface area contributed by atoms with Crippen LogP contribution in [0.25, 0.3) is 0 Å². The second-order valence-corrected chi connectivity index (χ2v) is 12.1. The highest BCUT2D eigenvalue weighted by molar-refractivity contribution is 7.92. The van der Waals surface area contributed by atoms with E-state index < -0.39 is 28.5 Å². The van der Waals surface area contributed by atoms with Gasteiger partial charge in [0.05, 0.1) is 11.9 Å². The summed E-state index contributed by atoms with van der Waals surface area (Å²) in [7, 11) is -3.88. The minimum atomic E-state index is -3.88. The van der Waals surface area contributed by atoms with Gasteiger partial charge in [0.1, 0.15) is 12.6 Å². The molecule has 4 rings (SSSR count). The van der Waals surface area contributed by atoms with Gasteiger partial charge in [0.25, 0.3) is 0 Å². The zero-order chi connectivity index (χ0) is 29.4. The van der Waals surface area contributed by atoms with Crippen molar-refractivity contribution in [1.82, 2.24) is 10.2 Å². The lowest BCUT2D eigenvalue weighted by Gasteiger charge is -2.33. The molecule has 0 unspecified atom stereocenters. The smallest absolute Gasteiger partial charge is 0.244 e. The van der Waals surface area contributed by atoms with Crippen LogP contribution in [-0.4, -0.2) is 57.3 Å². The molecule has 0 aliphatic carbocycles. The molecule has 1 aliphatic heterocycles. The molecular formula is C31H37N3O6S.